The lowest BCUT2D eigenvalue weighted by atomic mass is 10.1. The first-order valence-corrected chi connectivity index (χ1v) is 8.78. The number of rotatable bonds is 3. The Morgan fingerprint density at radius 1 is 1.23 bits per heavy atom. The molecular formula is C19H16N2O4S. The van der Waals surface area contributed by atoms with E-state index in [1.165, 1.54) is 11.8 Å². The van der Waals surface area contributed by atoms with Crippen LogP contribution in [0.2, 0.25) is 0 Å². The third-order valence-electron chi connectivity index (χ3n) is 3.89. The van der Waals surface area contributed by atoms with Gasteiger partial charge in [0.25, 0.3) is 5.91 Å². The molecule has 1 N–H and O–H groups in total. The van der Waals surface area contributed by atoms with E-state index in [-0.39, 0.29) is 12.7 Å². The third kappa shape index (κ3) is 3.25. The maximum atomic E-state index is 12.3. The van der Waals surface area contributed by atoms with Crippen LogP contribution in [0.1, 0.15) is 11.1 Å². The van der Waals surface area contributed by atoms with E-state index >= 15 is 0 Å². The number of nitrogens with one attached hydrogen (secondary N) is 1. The molecule has 0 atom stereocenters. The minimum atomic E-state index is -0.193. The van der Waals surface area contributed by atoms with E-state index in [2.05, 4.69) is 10.3 Å². The lowest BCUT2D eigenvalue weighted by Crippen LogP contribution is -2.19. The van der Waals surface area contributed by atoms with Gasteiger partial charge < -0.3 is 19.5 Å². The van der Waals surface area contributed by atoms with Gasteiger partial charge in [0.2, 0.25) is 6.79 Å². The molecule has 4 rings (SSSR count). The predicted molar refractivity (Wildman–Crippen MR) is 101 cm³/mol. The third-order valence-corrected chi connectivity index (χ3v) is 4.80. The van der Waals surface area contributed by atoms with Gasteiger partial charge in [0.05, 0.1) is 17.7 Å². The van der Waals surface area contributed by atoms with Crippen LogP contribution in [0.5, 0.6) is 17.2 Å². The number of hydrogen-bond donors (Lipinski definition) is 1. The molecule has 1 fully saturated rings. The van der Waals surface area contributed by atoms with Gasteiger partial charge in [-0.15, -0.1) is 0 Å². The topological polar surface area (TPSA) is 69.2 Å². The normalized spacial score (nSPS) is 18.5. The lowest BCUT2D eigenvalue weighted by molar-refractivity contribution is -0.115. The summed E-state index contributed by atoms with van der Waals surface area (Å²) < 4.78 is 16.2. The Balaban J connectivity index is 1.63. The average Bonchev–Trinajstić information content (AvgIpc) is 3.20. The molecule has 7 heteroatoms. The van der Waals surface area contributed by atoms with Crippen LogP contribution in [-0.2, 0) is 4.79 Å². The molecule has 0 aliphatic carbocycles. The van der Waals surface area contributed by atoms with E-state index in [1.54, 1.807) is 25.3 Å². The van der Waals surface area contributed by atoms with E-state index in [0.717, 1.165) is 16.8 Å². The number of methoxy groups -OCH3 is 1. The Labute approximate surface area is 154 Å². The summed E-state index contributed by atoms with van der Waals surface area (Å²) in [7, 11) is 1.58. The molecule has 26 heavy (non-hydrogen) atoms. The molecule has 2 aromatic carbocycles. The van der Waals surface area contributed by atoms with Crippen molar-refractivity contribution in [3.8, 4) is 17.2 Å². The van der Waals surface area contributed by atoms with Gasteiger partial charge in [-0.05, 0) is 48.5 Å². The summed E-state index contributed by atoms with van der Waals surface area (Å²) in [6.07, 6.45) is 1.76. The zero-order valence-corrected chi connectivity index (χ0v) is 15.1. The van der Waals surface area contributed by atoms with Gasteiger partial charge in [-0.2, -0.15) is 0 Å². The second-order valence-corrected chi connectivity index (χ2v) is 6.80. The van der Waals surface area contributed by atoms with Gasteiger partial charge in [0, 0.05) is 11.6 Å². The highest BCUT2D eigenvalue weighted by atomic mass is 32.2. The SMILES string of the molecule is COc1cc2c(cc1/C=C1\SC(=Nc3cccc(C)c3)NC1=O)OCO2. The summed E-state index contributed by atoms with van der Waals surface area (Å²) in [6, 6.07) is 11.4. The average molecular weight is 368 g/mol. The van der Waals surface area contributed by atoms with Crippen molar-refractivity contribution in [1.29, 1.82) is 0 Å². The summed E-state index contributed by atoms with van der Waals surface area (Å²) in [4.78, 5) is 17.3. The molecule has 6 nitrogen and oxygen atoms in total. The first-order chi connectivity index (χ1) is 12.6. The molecule has 0 radical (unpaired) electrons. The molecule has 2 aliphatic heterocycles. The van der Waals surface area contributed by atoms with Crippen LogP contribution in [0.15, 0.2) is 46.3 Å². The van der Waals surface area contributed by atoms with Crippen molar-refractivity contribution < 1.29 is 19.0 Å². The molecule has 0 unspecified atom stereocenters. The molecule has 0 saturated carbocycles. The largest absolute Gasteiger partial charge is 0.496 e. The fourth-order valence-electron chi connectivity index (χ4n) is 2.67. The molecule has 0 aromatic heterocycles. The summed E-state index contributed by atoms with van der Waals surface area (Å²) in [5.74, 6) is 1.68. The molecule has 1 saturated heterocycles. The van der Waals surface area contributed by atoms with Crippen molar-refractivity contribution in [3.05, 3.63) is 52.4 Å². The lowest BCUT2D eigenvalue weighted by Gasteiger charge is -2.06. The highest BCUT2D eigenvalue weighted by molar-refractivity contribution is 8.18. The summed E-state index contributed by atoms with van der Waals surface area (Å²) >= 11 is 1.29. The molecule has 2 heterocycles. The van der Waals surface area contributed by atoms with Crippen molar-refractivity contribution in [1.82, 2.24) is 5.32 Å². The molecule has 2 aliphatic rings. The minimum absolute atomic E-state index is 0.182. The van der Waals surface area contributed by atoms with Crippen LogP contribution in [0.4, 0.5) is 5.69 Å². The molecule has 1 amide bonds. The zero-order valence-electron chi connectivity index (χ0n) is 14.2. The standard InChI is InChI=1S/C19H16N2O4S/c1-11-4-3-5-13(6-11)20-19-21-18(22)17(26-19)8-12-7-15-16(25-10-24-15)9-14(12)23-2/h3-9H,10H2,1-2H3,(H,20,21,22)/b17-8-. The molecular weight excluding hydrogens is 352 g/mol. The van der Waals surface area contributed by atoms with Crippen LogP contribution >= 0.6 is 11.8 Å². The number of fused-ring (bicyclic) bond motifs is 1. The minimum Gasteiger partial charge on any atom is -0.496 e. The van der Waals surface area contributed by atoms with Crippen LogP contribution in [0.25, 0.3) is 6.08 Å². The maximum absolute atomic E-state index is 12.3. The van der Waals surface area contributed by atoms with Crippen LogP contribution in [-0.4, -0.2) is 25.0 Å². The van der Waals surface area contributed by atoms with E-state index in [1.807, 2.05) is 31.2 Å². The number of thioether (sulfide) groups is 1. The Bertz CT molecular complexity index is 953. The number of ether oxygens (including phenoxy) is 3. The van der Waals surface area contributed by atoms with Crippen molar-refractivity contribution >= 4 is 34.6 Å². The summed E-state index contributed by atoms with van der Waals surface area (Å²) in [6.45, 7) is 2.18. The van der Waals surface area contributed by atoms with E-state index in [0.29, 0.717) is 27.3 Å². The van der Waals surface area contributed by atoms with Crippen LogP contribution < -0.4 is 19.5 Å². The highest BCUT2D eigenvalue weighted by Gasteiger charge is 2.25. The number of hydrogen-bond acceptors (Lipinski definition) is 6. The van der Waals surface area contributed by atoms with Crippen molar-refractivity contribution in [2.75, 3.05) is 13.9 Å². The number of carbonyl (C=O) groups excluding carboxylic acids is 1. The molecule has 132 valence electrons. The number of benzene rings is 2. The number of aryl methyl sites for hydroxylation is 1. The highest BCUT2D eigenvalue weighted by Crippen LogP contribution is 2.40. The number of aliphatic imine (C=N–C) groups is 1. The number of amidine groups is 1. The first-order valence-electron chi connectivity index (χ1n) is 7.96. The van der Waals surface area contributed by atoms with Gasteiger partial charge in [-0.3, -0.25) is 4.79 Å². The van der Waals surface area contributed by atoms with Gasteiger partial charge in [-0.1, -0.05) is 12.1 Å². The van der Waals surface area contributed by atoms with Gasteiger partial charge in [-0.25, -0.2) is 4.99 Å². The molecule has 2 aromatic rings. The first kappa shape index (κ1) is 16.5. The Morgan fingerprint density at radius 2 is 2.04 bits per heavy atom. The van der Waals surface area contributed by atoms with E-state index < -0.39 is 0 Å². The fourth-order valence-corrected chi connectivity index (χ4v) is 3.50. The van der Waals surface area contributed by atoms with E-state index in [4.69, 9.17) is 14.2 Å². The Kier molecular flexibility index (Phi) is 4.30. The van der Waals surface area contributed by atoms with Crippen molar-refractivity contribution in [2.45, 2.75) is 6.92 Å². The van der Waals surface area contributed by atoms with Crippen LogP contribution in [0, 0.1) is 6.92 Å². The Hall–Kier alpha value is -2.93. The van der Waals surface area contributed by atoms with Crippen LogP contribution in [0.3, 0.4) is 0 Å². The second-order valence-electron chi connectivity index (χ2n) is 5.77. The smallest absolute Gasteiger partial charge is 0.264 e. The number of nitrogens with zero attached hydrogens (tertiary/aromatic N) is 1. The monoisotopic (exact) mass is 368 g/mol. The molecule has 0 bridgehead atoms. The quantitative estimate of drug-likeness (QED) is 0.838. The predicted octanol–water partition coefficient (Wildman–Crippen LogP) is 3.62. The zero-order chi connectivity index (χ0) is 18.1. The number of amides is 1. The van der Waals surface area contributed by atoms with Gasteiger partial charge in [0.1, 0.15) is 5.75 Å². The van der Waals surface area contributed by atoms with Gasteiger partial charge in [0.15, 0.2) is 16.7 Å². The summed E-state index contributed by atoms with van der Waals surface area (Å²) in [5.41, 5.74) is 2.66. The second kappa shape index (κ2) is 6.76. The fraction of sp³-hybridized carbons (Fsp3) is 0.158. The molecule has 0 spiro atoms. The number of carbonyl (C=O) groups is 1. The van der Waals surface area contributed by atoms with Crippen molar-refractivity contribution in [2.24, 2.45) is 4.99 Å². The van der Waals surface area contributed by atoms with Crippen molar-refractivity contribution in [3.63, 3.8) is 0 Å². The Morgan fingerprint density at radius 3 is 2.81 bits per heavy atom. The van der Waals surface area contributed by atoms with Gasteiger partial charge >= 0.3 is 0 Å². The maximum Gasteiger partial charge on any atom is 0.264 e. The summed E-state index contributed by atoms with van der Waals surface area (Å²) in [5, 5.41) is 3.34. The van der Waals surface area contributed by atoms with E-state index in [9.17, 15) is 4.79 Å².